The van der Waals surface area contributed by atoms with Gasteiger partial charge in [-0.3, -0.25) is 4.79 Å². The smallest absolute Gasteiger partial charge is 0.222 e. The van der Waals surface area contributed by atoms with Crippen LogP contribution in [-0.2, 0) is 11.2 Å². The van der Waals surface area contributed by atoms with E-state index in [0.717, 1.165) is 44.3 Å². The standard InChI is InChI=1S/C17H26FNO2/c1-2-12-19(13-4-3-5-14-20)17(21)11-8-15-6-9-16(18)10-7-15/h6-7,9-10,20H,2-5,8,11-14H2,1H3. The van der Waals surface area contributed by atoms with Gasteiger partial charge in [-0.05, 0) is 49.8 Å². The van der Waals surface area contributed by atoms with E-state index in [4.69, 9.17) is 5.11 Å². The van der Waals surface area contributed by atoms with E-state index in [2.05, 4.69) is 6.92 Å². The fraction of sp³-hybridized carbons (Fsp3) is 0.588. The van der Waals surface area contributed by atoms with Gasteiger partial charge in [0.25, 0.3) is 0 Å². The Morgan fingerprint density at radius 1 is 1.14 bits per heavy atom. The van der Waals surface area contributed by atoms with E-state index in [9.17, 15) is 9.18 Å². The molecule has 0 atom stereocenters. The van der Waals surface area contributed by atoms with Crippen LogP contribution in [0.1, 0.15) is 44.6 Å². The van der Waals surface area contributed by atoms with E-state index < -0.39 is 0 Å². The lowest BCUT2D eigenvalue weighted by molar-refractivity contribution is -0.131. The molecule has 0 aliphatic carbocycles. The maximum atomic E-state index is 12.8. The molecule has 0 bridgehead atoms. The van der Waals surface area contributed by atoms with Crippen LogP contribution in [-0.4, -0.2) is 35.6 Å². The highest BCUT2D eigenvalue weighted by Crippen LogP contribution is 2.08. The Balaban J connectivity index is 2.38. The van der Waals surface area contributed by atoms with Crippen molar-refractivity contribution in [2.24, 2.45) is 0 Å². The predicted molar refractivity (Wildman–Crippen MR) is 82.5 cm³/mol. The molecule has 3 nitrogen and oxygen atoms in total. The van der Waals surface area contributed by atoms with E-state index in [1.165, 1.54) is 12.1 Å². The second-order valence-electron chi connectivity index (χ2n) is 5.29. The quantitative estimate of drug-likeness (QED) is 0.674. The minimum absolute atomic E-state index is 0.158. The summed E-state index contributed by atoms with van der Waals surface area (Å²) in [6.07, 6.45) is 4.73. The number of aliphatic hydroxyl groups is 1. The lowest BCUT2D eigenvalue weighted by atomic mass is 10.1. The van der Waals surface area contributed by atoms with E-state index >= 15 is 0 Å². The molecule has 1 N–H and O–H groups in total. The molecule has 0 saturated carbocycles. The molecule has 21 heavy (non-hydrogen) atoms. The summed E-state index contributed by atoms with van der Waals surface area (Å²) in [6, 6.07) is 6.32. The molecule has 0 radical (unpaired) electrons. The molecule has 4 heteroatoms. The first-order chi connectivity index (χ1) is 10.2. The second-order valence-corrected chi connectivity index (χ2v) is 5.29. The fourth-order valence-corrected chi connectivity index (χ4v) is 2.28. The molecule has 1 rings (SSSR count). The van der Waals surface area contributed by atoms with Crippen molar-refractivity contribution in [3.8, 4) is 0 Å². The molecule has 0 unspecified atom stereocenters. The highest BCUT2D eigenvalue weighted by Gasteiger charge is 2.12. The number of carbonyl (C=O) groups excluding carboxylic acids is 1. The summed E-state index contributed by atoms with van der Waals surface area (Å²) in [5, 5.41) is 8.77. The molecule has 0 spiro atoms. The highest BCUT2D eigenvalue weighted by atomic mass is 19.1. The Morgan fingerprint density at radius 2 is 1.86 bits per heavy atom. The SMILES string of the molecule is CCCN(CCCCCO)C(=O)CCc1ccc(F)cc1. The largest absolute Gasteiger partial charge is 0.396 e. The van der Waals surface area contributed by atoms with Crippen LogP contribution in [0.2, 0.25) is 0 Å². The molecule has 0 fully saturated rings. The number of aliphatic hydroxyl groups excluding tert-OH is 1. The van der Waals surface area contributed by atoms with E-state index in [-0.39, 0.29) is 18.3 Å². The van der Waals surface area contributed by atoms with Crippen LogP contribution < -0.4 is 0 Å². The molecule has 0 heterocycles. The number of halogens is 1. The zero-order valence-electron chi connectivity index (χ0n) is 12.9. The van der Waals surface area contributed by atoms with Gasteiger partial charge in [-0.2, -0.15) is 0 Å². The molecule has 1 aromatic rings. The summed E-state index contributed by atoms with van der Waals surface area (Å²) < 4.78 is 12.8. The minimum atomic E-state index is -0.249. The number of nitrogens with zero attached hydrogens (tertiary/aromatic N) is 1. The summed E-state index contributed by atoms with van der Waals surface area (Å²) >= 11 is 0. The maximum Gasteiger partial charge on any atom is 0.222 e. The van der Waals surface area contributed by atoms with Crippen LogP contribution in [0.25, 0.3) is 0 Å². The molecular formula is C17H26FNO2. The number of unbranched alkanes of at least 4 members (excludes halogenated alkanes) is 2. The topological polar surface area (TPSA) is 40.5 Å². The van der Waals surface area contributed by atoms with Gasteiger partial charge in [0.15, 0.2) is 0 Å². The molecule has 0 saturated heterocycles. The fourth-order valence-electron chi connectivity index (χ4n) is 2.28. The Labute approximate surface area is 126 Å². The van der Waals surface area contributed by atoms with Gasteiger partial charge in [-0.15, -0.1) is 0 Å². The Bertz CT molecular complexity index is 406. The van der Waals surface area contributed by atoms with Crippen molar-refractivity contribution in [1.82, 2.24) is 4.90 Å². The third kappa shape index (κ3) is 7.23. The molecule has 118 valence electrons. The van der Waals surface area contributed by atoms with Crippen molar-refractivity contribution in [3.05, 3.63) is 35.6 Å². The monoisotopic (exact) mass is 295 g/mol. The summed E-state index contributed by atoms with van der Waals surface area (Å²) in [6.45, 7) is 3.82. The number of amides is 1. The van der Waals surface area contributed by atoms with Crippen LogP contribution in [0, 0.1) is 5.82 Å². The zero-order chi connectivity index (χ0) is 15.5. The lowest BCUT2D eigenvalue weighted by Gasteiger charge is -2.22. The molecule has 0 aromatic heterocycles. The van der Waals surface area contributed by atoms with Crippen molar-refractivity contribution in [2.45, 2.75) is 45.4 Å². The van der Waals surface area contributed by atoms with Crippen molar-refractivity contribution >= 4 is 5.91 Å². The Hall–Kier alpha value is -1.42. The molecular weight excluding hydrogens is 269 g/mol. The van der Waals surface area contributed by atoms with Crippen molar-refractivity contribution < 1.29 is 14.3 Å². The number of rotatable bonds is 10. The van der Waals surface area contributed by atoms with E-state index in [1.807, 2.05) is 4.90 Å². The van der Waals surface area contributed by atoms with Crippen molar-refractivity contribution in [2.75, 3.05) is 19.7 Å². The molecule has 0 aliphatic rings. The first-order valence-electron chi connectivity index (χ1n) is 7.80. The highest BCUT2D eigenvalue weighted by molar-refractivity contribution is 5.76. The maximum absolute atomic E-state index is 12.8. The first-order valence-corrected chi connectivity index (χ1v) is 7.80. The van der Waals surface area contributed by atoms with Gasteiger partial charge < -0.3 is 10.0 Å². The Morgan fingerprint density at radius 3 is 2.48 bits per heavy atom. The number of hydrogen-bond acceptors (Lipinski definition) is 2. The van der Waals surface area contributed by atoms with Gasteiger partial charge in [0.2, 0.25) is 5.91 Å². The van der Waals surface area contributed by atoms with Crippen LogP contribution in [0.4, 0.5) is 4.39 Å². The van der Waals surface area contributed by atoms with E-state index in [0.29, 0.717) is 12.8 Å². The van der Waals surface area contributed by atoms with Gasteiger partial charge >= 0.3 is 0 Å². The van der Waals surface area contributed by atoms with Gasteiger partial charge in [0, 0.05) is 26.1 Å². The average molecular weight is 295 g/mol. The third-order valence-electron chi connectivity index (χ3n) is 3.47. The molecule has 1 aromatic carbocycles. The summed E-state index contributed by atoms with van der Waals surface area (Å²) in [5.74, 6) is -0.0910. The van der Waals surface area contributed by atoms with Gasteiger partial charge in [-0.1, -0.05) is 19.1 Å². The van der Waals surface area contributed by atoms with Crippen LogP contribution in [0.3, 0.4) is 0 Å². The van der Waals surface area contributed by atoms with E-state index in [1.54, 1.807) is 12.1 Å². The molecule has 0 aliphatic heterocycles. The minimum Gasteiger partial charge on any atom is -0.396 e. The third-order valence-corrected chi connectivity index (χ3v) is 3.47. The van der Waals surface area contributed by atoms with Crippen molar-refractivity contribution in [3.63, 3.8) is 0 Å². The molecule has 1 amide bonds. The Kier molecular flexibility index (Phi) is 8.67. The summed E-state index contributed by atoms with van der Waals surface area (Å²) in [5.41, 5.74) is 0.987. The number of carbonyl (C=O) groups is 1. The van der Waals surface area contributed by atoms with Crippen LogP contribution in [0.15, 0.2) is 24.3 Å². The van der Waals surface area contributed by atoms with Crippen LogP contribution in [0.5, 0.6) is 0 Å². The van der Waals surface area contributed by atoms with Gasteiger partial charge in [0.05, 0.1) is 0 Å². The summed E-state index contributed by atoms with van der Waals surface area (Å²) in [7, 11) is 0. The van der Waals surface area contributed by atoms with Crippen LogP contribution >= 0.6 is 0 Å². The number of aryl methyl sites for hydroxylation is 1. The lowest BCUT2D eigenvalue weighted by Crippen LogP contribution is -2.32. The van der Waals surface area contributed by atoms with Gasteiger partial charge in [-0.25, -0.2) is 4.39 Å². The zero-order valence-corrected chi connectivity index (χ0v) is 12.9. The number of benzene rings is 1. The second kappa shape index (κ2) is 10.3. The normalized spacial score (nSPS) is 10.6. The average Bonchev–Trinajstić information content (AvgIpc) is 2.49. The van der Waals surface area contributed by atoms with Gasteiger partial charge in [0.1, 0.15) is 5.82 Å². The number of hydrogen-bond donors (Lipinski definition) is 1. The first kappa shape index (κ1) is 17.6. The predicted octanol–water partition coefficient (Wildman–Crippen LogP) is 3.16. The summed E-state index contributed by atoms with van der Waals surface area (Å²) in [4.78, 5) is 14.1. The van der Waals surface area contributed by atoms with Crippen molar-refractivity contribution in [1.29, 1.82) is 0 Å².